The van der Waals surface area contributed by atoms with Crippen LogP contribution in [0.25, 0.3) is 11.5 Å². The zero-order valence-corrected chi connectivity index (χ0v) is 11.1. The van der Waals surface area contributed by atoms with Crippen LogP contribution in [-0.2, 0) is 0 Å². The van der Waals surface area contributed by atoms with E-state index in [1.165, 1.54) is 22.9 Å². The third-order valence-electron chi connectivity index (χ3n) is 2.31. The highest BCUT2D eigenvalue weighted by atomic mass is 32.2. The molecule has 0 aliphatic heterocycles. The van der Waals surface area contributed by atoms with Crippen molar-refractivity contribution in [2.24, 2.45) is 0 Å². The van der Waals surface area contributed by atoms with Gasteiger partial charge in [-0.3, -0.25) is 0 Å². The SMILES string of the molecule is Cc1cc(C)cc(-c2nnc(SCCC#N)o2)c1. The van der Waals surface area contributed by atoms with Gasteiger partial charge in [-0.05, 0) is 26.0 Å². The Hall–Kier alpha value is -1.80. The first-order valence-corrected chi connectivity index (χ1v) is 6.59. The van der Waals surface area contributed by atoms with E-state index in [1.807, 2.05) is 26.0 Å². The van der Waals surface area contributed by atoms with E-state index in [-0.39, 0.29) is 0 Å². The number of rotatable bonds is 4. The molecule has 4 nitrogen and oxygen atoms in total. The van der Waals surface area contributed by atoms with E-state index in [1.54, 1.807) is 0 Å². The van der Waals surface area contributed by atoms with E-state index in [0.29, 0.717) is 23.3 Å². The zero-order chi connectivity index (χ0) is 13.0. The molecule has 0 unspecified atom stereocenters. The van der Waals surface area contributed by atoms with Crippen molar-refractivity contribution in [3.05, 3.63) is 29.3 Å². The predicted octanol–water partition coefficient (Wildman–Crippen LogP) is 3.36. The van der Waals surface area contributed by atoms with E-state index in [9.17, 15) is 0 Å². The molecule has 5 heteroatoms. The highest BCUT2D eigenvalue weighted by Gasteiger charge is 2.09. The Kier molecular flexibility index (Phi) is 4.00. The van der Waals surface area contributed by atoms with Crippen molar-refractivity contribution in [2.75, 3.05) is 5.75 Å². The lowest BCUT2D eigenvalue weighted by atomic mass is 10.1. The molecule has 0 radical (unpaired) electrons. The highest BCUT2D eigenvalue weighted by Crippen LogP contribution is 2.24. The minimum atomic E-state index is 0.478. The molecule has 0 fully saturated rings. The Balaban J connectivity index is 2.16. The summed E-state index contributed by atoms with van der Waals surface area (Å²) in [5.74, 6) is 1.20. The van der Waals surface area contributed by atoms with E-state index < -0.39 is 0 Å². The van der Waals surface area contributed by atoms with Crippen molar-refractivity contribution < 1.29 is 4.42 Å². The summed E-state index contributed by atoms with van der Waals surface area (Å²) >= 11 is 1.41. The number of nitriles is 1. The molecule has 0 N–H and O–H groups in total. The fourth-order valence-corrected chi connectivity index (χ4v) is 2.27. The van der Waals surface area contributed by atoms with Gasteiger partial charge in [-0.25, -0.2) is 0 Å². The van der Waals surface area contributed by atoms with Gasteiger partial charge in [0.25, 0.3) is 5.22 Å². The molecule has 1 aromatic heterocycles. The third kappa shape index (κ3) is 3.11. The molecule has 0 amide bonds. The van der Waals surface area contributed by atoms with E-state index in [2.05, 4.69) is 22.3 Å². The van der Waals surface area contributed by atoms with Crippen molar-refractivity contribution in [1.82, 2.24) is 10.2 Å². The van der Waals surface area contributed by atoms with Crippen LogP contribution in [0.15, 0.2) is 27.8 Å². The van der Waals surface area contributed by atoms with Crippen LogP contribution in [0.3, 0.4) is 0 Å². The van der Waals surface area contributed by atoms with Crippen LogP contribution in [0.5, 0.6) is 0 Å². The Morgan fingerprint density at radius 1 is 1.22 bits per heavy atom. The van der Waals surface area contributed by atoms with Crippen LogP contribution < -0.4 is 0 Å². The highest BCUT2D eigenvalue weighted by molar-refractivity contribution is 7.99. The summed E-state index contributed by atoms with van der Waals surface area (Å²) in [5.41, 5.74) is 3.27. The number of thioether (sulfide) groups is 1. The Morgan fingerprint density at radius 2 is 1.94 bits per heavy atom. The topological polar surface area (TPSA) is 62.7 Å². The molecule has 92 valence electrons. The van der Waals surface area contributed by atoms with E-state index in [0.717, 1.165) is 5.56 Å². The molecule has 0 atom stereocenters. The smallest absolute Gasteiger partial charge is 0.276 e. The second kappa shape index (κ2) is 5.69. The average Bonchev–Trinajstić information content (AvgIpc) is 2.77. The van der Waals surface area contributed by atoms with Crippen LogP contribution in [0.4, 0.5) is 0 Å². The molecule has 2 rings (SSSR count). The van der Waals surface area contributed by atoms with Crippen molar-refractivity contribution in [3.63, 3.8) is 0 Å². The van der Waals surface area contributed by atoms with Crippen LogP contribution >= 0.6 is 11.8 Å². The van der Waals surface area contributed by atoms with Gasteiger partial charge in [0.05, 0.1) is 6.07 Å². The van der Waals surface area contributed by atoms with Gasteiger partial charge in [0.2, 0.25) is 5.89 Å². The fourth-order valence-electron chi connectivity index (χ4n) is 1.67. The minimum Gasteiger partial charge on any atom is -0.411 e. The second-order valence-electron chi connectivity index (χ2n) is 4.01. The summed E-state index contributed by atoms with van der Waals surface area (Å²) in [4.78, 5) is 0. The Bertz CT molecular complexity index is 566. The maximum atomic E-state index is 8.46. The summed E-state index contributed by atoms with van der Waals surface area (Å²) in [7, 11) is 0. The van der Waals surface area contributed by atoms with Gasteiger partial charge in [0, 0.05) is 17.7 Å². The fraction of sp³-hybridized carbons (Fsp3) is 0.308. The van der Waals surface area contributed by atoms with E-state index in [4.69, 9.17) is 9.68 Å². The Morgan fingerprint density at radius 3 is 2.61 bits per heavy atom. The molecule has 0 bridgehead atoms. The summed E-state index contributed by atoms with van der Waals surface area (Å²) in [6.45, 7) is 4.07. The van der Waals surface area contributed by atoms with Crippen molar-refractivity contribution in [1.29, 1.82) is 5.26 Å². The van der Waals surface area contributed by atoms with Crippen LogP contribution in [0.2, 0.25) is 0 Å². The molecule has 0 spiro atoms. The van der Waals surface area contributed by atoms with Gasteiger partial charge in [-0.15, -0.1) is 10.2 Å². The zero-order valence-electron chi connectivity index (χ0n) is 10.3. The molecule has 1 heterocycles. The van der Waals surface area contributed by atoms with Gasteiger partial charge >= 0.3 is 0 Å². The third-order valence-corrected chi connectivity index (χ3v) is 3.13. The average molecular weight is 259 g/mol. The van der Waals surface area contributed by atoms with Crippen molar-refractivity contribution in [3.8, 4) is 17.5 Å². The lowest BCUT2D eigenvalue weighted by molar-refractivity contribution is 0.466. The largest absolute Gasteiger partial charge is 0.411 e. The van der Waals surface area contributed by atoms with Gasteiger partial charge in [0.15, 0.2) is 0 Å². The normalized spacial score (nSPS) is 10.3. The molecular weight excluding hydrogens is 246 g/mol. The van der Waals surface area contributed by atoms with Gasteiger partial charge in [-0.1, -0.05) is 29.0 Å². The molecule has 0 saturated heterocycles. The predicted molar refractivity (Wildman–Crippen MR) is 70.2 cm³/mol. The molecule has 18 heavy (non-hydrogen) atoms. The van der Waals surface area contributed by atoms with Crippen molar-refractivity contribution >= 4 is 11.8 Å². The molecule has 2 aromatic rings. The second-order valence-corrected chi connectivity index (χ2v) is 5.05. The first-order valence-electron chi connectivity index (χ1n) is 5.61. The molecule has 0 aliphatic carbocycles. The summed E-state index contributed by atoms with van der Waals surface area (Å²) in [6.07, 6.45) is 0.478. The Labute approximate surface area is 110 Å². The maximum Gasteiger partial charge on any atom is 0.276 e. The number of hydrogen-bond acceptors (Lipinski definition) is 5. The molecular formula is C13H13N3OS. The van der Waals surface area contributed by atoms with Gasteiger partial charge in [-0.2, -0.15) is 5.26 Å². The minimum absolute atomic E-state index is 0.478. The quantitative estimate of drug-likeness (QED) is 0.622. The maximum absolute atomic E-state index is 8.46. The molecule has 0 saturated carbocycles. The van der Waals surface area contributed by atoms with Gasteiger partial charge < -0.3 is 4.42 Å². The number of nitrogens with zero attached hydrogens (tertiary/aromatic N) is 3. The standard InChI is InChI=1S/C13H13N3OS/c1-9-6-10(2)8-11(7-9)12-15-16-13(17-12)18-5-3-4-14/h6-8H,3,5H2,1-2H3. The monoisotopic (exact) mass is 259 g/mol. The van der Waals surface area contributed by atoms with Gasteiger partial charge in [0.1, 0.15) is 0 Å². The van der Waals surface area contributed by atoms with Crippen LogP contribution in [-0.4, -0.2) is 16.0 Å². The number of aromatic nitrogens is 2. The summed E-state index contributed by atoms with van der Waals surface area (Å²) in [5, 5.41) is 17.0. The lowest BCUT2D eigenvalue weighted by Crippen LogP contribution is -1.82. The number of benzene rings is 1. The number of aryl methyl sites for hydroxylation is 2. The van der Waals surface area contributed by atoms with Crippen LogP contribution in [0.1, 0.15) is 17.5 Å². The lowest BCUT2D eigenvalue weighted by Gasteiger charge is -1.99. The summed E-state index contributed by atoms with van der Waals surface area (Å²) < 4.78 is 5.56. The molecule has 0 aliphatic rings. The van der Waals surface area contributed by atoms with Crippen molar-refractivity contribution in [2.45, 2.75) is 25.5 Å². The first-order chi connectivity index (χ1) is 8.69. The van der Waals surface area contributed by atoms with Crippen LogP contribution in [0, 0.1) is 25.2 Å². The first kappa shape index (κ1) is 12.7. The summed E-state index contributed by atoms with van der Waals surface area (Å²) in [6, 6.07) is 8.22. The van der Waals surface area contributed by atoms with E-state index >= 15 is 0 Å². The molecule has 1 aromatic carbocycles. The number of hydrogen-bond donors (Lipinski definition) is 0.